The summed E-state index contributed by atoms with van der Waals surface area (Å²) in [6, 6.07) is 0.824. The summed E-state index contributed by atoms with van der Waals surface area (Å²) in [5.41, 5.74) is 0.0763. The first-order chi connectivity index (χ1) is 10.1. The first-order valence-corrected chi connectivity index (χ1v) is 11.0. The first kappa shape index (κ1) is 19.7. The van der Waals surface area contributed by atoms with Gasteiger partial charge in [-0.15, -0.1) is 0 Å². The summed E-state index contributed by atoms with van der Waals surface area (Å²) in [5, 5.41) is 0. The van der Waals surface area contributed by atoms with Crippen molar-refractivity contribution in [3.05, 3.63) is 0 Å². The molecule has 0 aliphatic carbocycles. The van der Waals surface area contributed by atoms with Crippen molar-refractivity contribution in [3.8, 4) is 0 Å². The van der Waals surface area contributed by atoms with Gasteiger partial charge in [-0.25, -0.2) is 0 Å². The molecule has 0 amide bonds. The van der Waals surface area contributed by atoms with Gasteiger partial charge in [-0.1, -0.05) is 48.8 Å². The maximum Gasteiger partial charge on any atom is 0.0626 e. The Hall–Kier alpha value is 0.650. The number of hydrogen-bond acceptors (Lipinski definition) is 2. The van der Waals surface area contributed by atoms with Crippen LogP contribution in [0.15, 0.2) is 0 Å². The largest absolute Gasteiger partial charge is 0.375 e. The Kier molecular flexibility index (Phi) is 9.78. The van der Waals surface area contributed by atoms with Crippen LogP contribution in [0.4, 0.5) is 0 Å². The molecule has 0 saturated carbocycles. The van der Waals surface area contributed by atoms with Crippen LogP contribution in [0.3, 0.4) is 0 Å². The second-order valence-corrected chi connectivity index (χ2v) is 7.18. The molecule has 0 spiro atoms. The van der Waals surface area contributed by atoms with Crippen molar-refractivity contribution in [2.45, 2.75) is 83.8 Å². The summed E-state index contributed by atoms with van der Waals surface area (Å²) in [7, 11) is 0. The van der Waals surface area contributed by atoms with Gasteiger partial charge in [0, 0.05) is 6.04 Å². The highest BCUT2D eigenvalue weighted by molar-refractivity contribution is 14.1. The van der Waals surface area contributed by atoms with Gasteiger partial charge in [0.1, 0.15) is 0 Å². The van der Waals surface area contributed by atoms with Gasteiger partial charge in [0.25, 0.3) is 0 Å². The van der Waals surface area contributed by atoms with Gasteiger partial charge >= 0.3 is 0 Å². The number of piperidine rings is 2. The topological polar surface area (TPSA) is 12.5 Å². The Morgan fingerprint density at radius 3 is 2.52 bits per heavy atom. The fraction of sp³-hybridized carbons (Fsp3) is 1.00. The monoisotopic (exact) mass is 409 g/mol. The number of alkyl halides is 1. The second-order valence-electron chi connectivity index (χ2n) is 7.18. The molecule has 0 N–H and O–H groups in total. The number of rotatable bonds is 6. The average molecular weight is 409 g/mol. The summed E-state index contributed by atoms with van der Waals surface area (Å²) in [6.45, 7) is 10.4. The van der Waals surface area contributed by atoms with E-state index in [9.17, 15) is 0 Å². The maximum absolute atomic E-state index is 6.29. The lowest BCUT2D eigenvalue weighted by atomic mass is 9.84. The third kappa shape index (κ3) is 6.74. The van der Waals surface area contributed by atoms with Gasteiger partial charge < -0.3 is 9.64 Å². The molecule has 2 rings (SSSR count). The van der Waals surface area contributed by atoms with E-state index in [1.165, 1.54) is 64.5 Å². The van der Waals surface area contributed by atoms with Crippen LogP contribution >= 0.6 is 22.6 Å². The van der Waals surface area contributed by atoms with Crippen molar-refractivity contribution in [2.24, 2.45) is 5.92 Å². The third-order valence-electron chi connectivity index (χ3n) is 5.05. The van der Waals surface area contributed by atoms with E-state index in [1.807, 2.05) is 4.93 Å². The molecule has 2 aliphatic rings. The summed E-state index contributed by atoms with van der Waals surface area (Å²) in [5.74, 6) is 0.787. The molecule has 0 radical (unpaired) electrons. The molecular weight excluding hydrogens is 373 g/mol. The molecule has 21 heavy (non-hydrogen) atoms. The van der Waals surface area contributed by atoms with E-state index in [4.69, 9.17) is 4.74 Å². The van der Waals surface area contributed by atoms with Crippen LogP contribution < -0.4 is 0 Å². The molecule has 3 heteroatoms. The van der Waals surface area contributed by atoms with Gasteiger partial charge in [-0.2, -0.15) is 0 Å². The molecule has 2 heterocycles. The summed E-state index contributed by atoms with van der Waals surface area (Å²) in [6.07, 6.45) is 10.8. The number of halogens is 1. The minimum atomic E-state index is 0.0763. The van der Waals surface area contributed by atoms with Crippen LogP contribution in [0.25, 0.3) is 0 Å². The molecule has 2 saturated heterocycles. The Bertz CT molecular complexity index is 268. The van der Waals surface area contributed by atoms with Crippen molar-refractivity contribution in [1.82, 2.24) is 4.90 Å². The molecule has 0 aromatic rings. The Balaban J connectivity index is 0.00000106. The minimum Gasteiger partial charge on any atom is -0.375 e. The van der Waals surface area contributed by atoms with Gasteiger partial charge in [0.15, 0.2) is 0 Å². The number of nitrogens with zero attached hydrogens (tertiary/aromatic N) is 1. The molecule has 0 bridgehead atoms. The third-order valence-corrected chi connectivity index (χ3v) is 5.05. The molecule has 126 valence electrons. The van der Waals surface area contributed by atoms with Gasteiger partial charge in [0.05, 0.1) is 12.2 Å². The molecular formula is C18H36INO. The quantitative estimate of drug-likeness (QED) is 0.437. The zero-order valence-corrected chi connectivity index (χ0v) is 16.8. The van der Waals surface area contributed by atoms with E-state index in [1.54, 1.807) is 0 Å². The number of fused-ring (bicyclic) bond motifs is 1. The molecule has 2 aliphatic heterocycles. The predicted octanol–water partition coefficient (Wildman–Crippen LogP) is 5.29. The fourth-order valence-corrected chi connectivity index (χ4v) is 3.78. The predicted molar refractivity (Wildman–Crippen MR) is 101 cm³/mol. The van der Waals surface area contributed by atoms with Crippen LogP contribution in [0.5, 0.6) is 0 Å². The molecule has 2 fully saturated rings. The number of unbranched alkanes of at least 4 members (excludes halogenated alkanes) is 1. The Morgan fingerprint density at radius 1 is 1.10 bits per heavy atom. The van der Waals surface area contributed by atoms with E-state index in [0.717, 1.165) is 18.6 Å². The molecule has 2 atom stereocenters. The van der Waals surface area contributed by atoms with Crippen LogP contribution in [0.1, 0.15) is 72.1 Å². The van der Waals surface area contributed by atoms with Crippen molar-refractivity contribution < 1.29 is 4.74 Å². The van der Waals surface area contributed by atoms with E-state index in [2.05, 4.69) is 48.3 Å². The van der Waals surface area contributed by atoms with Crippen molar-refractivity contribution >= 4 is 22.6 Å². The fourth-order valence-electron chi connectivity index (χ4n) is 3.78. The van der Waals surface area contributed by atoms with Crippen LogP contribution in [-0.4, -0.2) is 41.2 Å². The van der Waals surface area contributed by atoms with Crippen molar-refractivity contribution in [2.75, 3.05) is 24.6 Å². The zero-order chi connectivity index (χ0) is 15.7. The van der Waals surface area contributed by atoms with Crippen LogP contribution in [-0.2, 0) is 4.74 Å². The van der Waals surface area contributed by atoms with Crippen LogP contribution in [0, 0.1) is 5.92 Å². The number of hydrogen-bond donors (Lipinski definition) is 0. The van der Waals surface area contributed by atoms with E-state index in [0.29, 0.717) is 0 Å². The molecule has 2 nitrogen and oxygen atoms in total. The standard InChI is InChI=1S/C17H33NO.CH3I/c1-4-5-11-17(2,3)19-14-15-9-8-13-18-12-7-6-10-16(15)18;1-2/h15-16H,4-14H2,1-3H3;1H3. The van der Waals surface area contributed by atoms with E-state index < -0.39 is 0 Å². The van der Waals surface area contributed by atoms with Gasteiger partial charge in [-0.05, 0) is 69.9 Å². The van der Waals surface area contributed by atoms with Crippen molar-refractivity contribution in [1.29, 1.82) is 0 Å². The SMILES string of the molecule is CCCCC(C)(C)OCC1CCCN2CCCCC12.CI. The normalized spacial score (nSPS) is 26.7. The molecule has 0 aromatic heterocycles. The smallest absolute Gasteiger partial charge is 0.0626 e. The lowest BCUT2D eigenvalue weighted by molar-refractivity contribution is -0.0699. The minimum absolute atomic E-state index is 0.0763. The summed E-state index contributed by atoms with van der Waals surface area (Å²) >= 11 is 2.15. The van der Waals surface area contributed by atoms with Crippen LogP contribution in [0.2, 0.25) is 0 Å². The Labute approximate surface area is 146 Å². The van der Waals surface area contributed by atoms with Gasteiger partial charge in [-0.3, -0.25) is 0 Å². The highest BCUT2D eigenvalue weighted by atomic mass is 127. The molecule has 2 unspecified atom stereocenters. The van der Waals surface area contributed by atoms with Gasteiger partial charge in [0.2, 0.25) is 0 Å². The van der Waals surface area contributed by atoms with E-state index in [-0.39, 0.29) is 5.60 Å². The first-order valence-electron chi connectivity index (χ1n) is 8.88. The second kappa shape index (κ2) is 10.4. The summed E-state index contributed by atoms with van der Waals surface area (Å²) in [4.78, 5) is 4.71. The van der Waals surface area contributed by atoms with E-state index >= 15 is 0 Å². The van der Waals surface area contributed by atoms with Crippen molar-refractivity contribution in [3.63, 3.8) is 0 Å². The lowest BCUT2D eigenvalue weighted by Crippen LogP contribution is -2.49. The zero-order valence-electron chi connectivity index (χ0n) is 14.7. The average Bonchev–Trinajstić information content (AvgIpc) is 2.53. The molecule has 0 aromatic carbocycles. The Morgan fingerprint density at radius 2 is 1.81 bits per heavy atom. The number of ether oxygens (including phenoxy) is 1. The maximum atomic E-state index is 6.29. The summed E-state index contributed by atoms with van der Waals surface area (Å²) < 4.78 is 6.29. The lowest BCUT2D eigenvalue weighted by Gasteiger charge is -2.45. The highest BCUT2D eigenvalue weighted by Gasteiger charge is 2.34. The highest BCUT2D eigenvalue weighted by Crippen LogP contribution is 2.32.